The molecule has 0 radical (unpaired) electrons. The Morgan fingerprint density at radius 3 is 3.12 bits per heavy atom. The number of nitrogens with one attached hydrogen (secondary N) is 1. The van der Waals surface area contributed by atoms with Crippen molar-refractivity contribution in [2.24, 2.45) is 0 Å². The van der Waals surface area contributed by atoms with E-state index in [4.69, 9.17) is 17.3 Å². The van der Waals surface area contributed by atoms with E-state index in [9.17, 15) is 0 Å². The van der Waals surface area contributed by atoms with Gasteiger partial charge in [0, 0.05) is 12.6 Å². The number of likely N-dealkylation sites (tertiary alicyclic amines) is 1. The van der Waals surface area contributed by atoms with Crippen LogP contribution in [-0.2, 0) is 0 Å². The number of nitrogen functional groups attached to an aromatic ring is 1. The van der Waals surface area contributed by atoms with Crippen molar-refractivity contribution in [2.45, 2.75) is 18.9 Å². The number of pyridine rings is 1. The van der Waals surface area contributed by atoms with E-state index in [0.717, 1.165) is 6.54 Å². The van der Waals surface area contributed by atoms with E-state index < -0.39 is 0 Å². The van der Waals surface area contributed by atoms with Crippen LogP contribution < -0.4 is 11.1 Å². The first-order valence-corrected chi connectivity index (χ1v) is 5.91. The molecular formula is C11H17ClN4. The smallest absolute Gasteiger partial charge is 0.151 e. The van der Waals surface area contributed by atoms with Crippen LogP contribution in [0.5, 0.6) is 0 Å². The molecule has 1 saturated heterocycles. The van der Waals surface area contributed by atoms with Crippen molar-refractivity contribution in [2.75, 3.05) is 31.2 Å². The predicted octanol–water partition coefficient (Wildman–Crippen LogP) is 1.82. The van der Waals surface area contributed by atoms with E-state index in [1.54, 1.807) is 12.1 Å². The molecule has 0 aromatic carbocycles. The summed E-state index contributed by atoms with van der Waals surface area (Å²) in [5, 5.41) is 3.73. The minimum atomic E-state index is 0.469. The lowest BCUT2D eigenvalue weighted by Gasteiger charge is -2.20. The standard InChI is InChI=1S/C11H17ClN4/c1-16-6-2-3-8(16)7-14-11-9(13)4-5-10(12)15-11/h4-5,8H,2-3,6-7,13H2,1H3,(H,14,15). The molecular weight excluding hydrogens is 224 g/mol. The zero-order valence-electron chi connectivity index (χ0n) is 9.41. The molecule has 0 bridgehead atoms. The molecule has 1 atom stereocenters. The van der Waals surface area contributed by atoms with Crippen molar-refractivity contribution in [3.63, 3.8) is 0 Å². The van der Waals surface area contributed by atoms with Crippen LogP contribution in [0.3, 0.4) is 0 Å². The van der Waals surface area contributed by atoms with Crippen LogP contribution in [0.1, 0.15) is 12.8 Å². The number of hydrogen-bond acceptors (Lipinski definition) is 4. The molecule has 1 fully saturated rings. The summed E-state index contributed by atoms with van der Waals surface area (Å²) in [5.41, 5.74) is 6.46. The van der Waals surface area contributed by atoms with Crippen molar-refractivity contribution in [1.82, 2.24) is 9.88 Å². The molecule has 1 aliphatic heterocycles. The van der Waals surface area contributed by atoms with Crippen LogP contribution >= 0.6 is 11.6 Å². The molecule has 5 heteroatoms. The van der Waals surface area contributed by atoms with E-state index in [-0.39, 0.29) is 0 Å². The van der Waals surface area contributed by atoms with Gasteiger partial charge in [0.15, 0.2) is 5.82 Å². The summed E-state index contributed by atoms with van der Waals surface area (Å²) in [6.07, 6.45) is 2.49. The molecule has 88 valence electrons. The van der Waals surface area contributed by atoms with Crippen molar-refractivity contribution in [3.8, 4) is 0 Å². The number of likely N-dealkylation sites (N-methyl/N-ethyl adjacent to an activating group) is 1. The van der Waals surface area contributed by atoms with Crippen LogP contribution in [0.25, 0.3) is 0 Å². The summed E-state index contributed by atoms with van der Waals surface area (Å²) in [6, 6.07) is 4.04. The van der Waals surface area contributed by atoms with Crippen LogP contribution in [0.4, 0.5) is 11.5 Å². The summed E-state index contributed by atoms with van der Waals surface area (Å²) in [6.45, 7) is 2.04. The van der Waals surface area contributed by atoms with Gasteiger partial charge in [-0.05, 0) is 38.6 Å². The minimum Gasteiger partial charge on any atom is -0.396 e. The fourth-order valence-electron chi connectivity index (χ4n) is 2.04. The number of anilines is 2. The minimum absolute atomic E-state index is 0.469. The van der Waals surface area contributed by atoms with E-state index >= 15 is 0 Å². The Hall–Kier alpha value is -1.00. The van der Waals surface area contributed by atoms with Gasteiger partial charge in [0.05, 0.1) is 5.69 Å². The normalized spacial score (nSPS) is 21.2. The van der Waals surface area contributed by atoms with Crippen LogP contribution in [0, 0.1) is 0 Å². The highest BCUT2D eigenvalue weighted by molar-refractivity contribution is 6.29. The maximum absolute atomic E-state index is 5.82. The Morgan fingerprint density at radius 2 is 2.44 bits per heavy atom. The third-order valence-corrected chi connectivity index (χ3v) is 3.28. The van der Waals surface area contributed by atoms with Crippen molar-refractivity contribution in [3.05, 3.63) is 17.3 Å². The summed E-state index contributed by atoms with van der Waals surface area (Å²) >= 11 is 5.82. The molecule has 1 aromatic rings. The summed E-state index contributed by atoms with van der Waals surface area (Å²) in [7, 11) is 2.15. The van der Waals surface area contributed by atoms with E-state index in [0.29, 0.717) is 22.7 Å². The van der Waals surface area contributed by atoms with Gasteiger partial charge in [-0.15, -0.1) is 0 Å². The molecule has 16 heavy (non-hydrogen) atoms. The van der Waals surface area contributed by atoms with E-state index in [1.165, 1.54) is 19.4 Å². The number of nitrogens with zero attached hydrogens (tertiary/aromatic N) is 2. The molecule has 2 rings (SSSR count). The third-order valence-electron chi connectivity index (χ3n) is 3.07. The van der Waals surface area contributed by atoms with E-state index in [1.807, 2.05) is 0 Å². The fourth-order valence-corrected chi connectivity index (χ4v) is 2.19. The SMILES string of the molecule is CN1CCCC1CNc1nc(Cl)ccc1N. The van der Waals surface area contributed by atoms with Gasteiger partial charge in [-0.2, -0.15) is 0 Å². The molecule has 0 spiro atoms. The second-order valence-electron chi connectivity index (χ2n) is 4.23. The number of halogens is 1. The predicted molar refractivity (Wildman–Crippen MR) is 67.8 cm³/mol. The number of hydrogen-bond donors (Lipinski definition) is 2. The summed E-state index contributed by atoms with van der Waals surface area (Å²) in [5.74, 6) is 0.688. The lowest BCUT2D eigenvalue weighted by Crippen LogP contribution is -2.31. The molecule has 1 unspecified atom stereocenters. The van der Waals surface area contributed by atoms with Gasteiger partial charge >= 0.3 is 0 Å². The Bertz CT molecular complexity index is 369. The second kappa shape index (κ2) is 4.89. The molecule has 0 amide bonds. The lowest BCUT2D eigenvalue weighted by atomic mass is 10.2. The van der Waals surface area contributed by atoms with Gasteiger partial charge in [0.25, 0.3) is 0 Å². The first-order chi connectivity index (χ1) is 7.66. The van der Waals surface area contributed by atoms with Gasteiger partial charge < -0.3 is 16.0 Å². The Balaban J connectivity index is 1.96. The van der Waals surface area contributed by atoms with Crippen LogP contribution in [-0.4, -0.2) is 36.1 Å². The highest BCUT2D eigenvalue weighted by Gasteiger charge is 2.20. The number of nitrogens with two attached hydrogens (primary N) is 1. The zero-order chi connectivity index (χ0) is 11.5. The summed E-state index contributed by atoms with van der Waals surface area (Å²) in [4.78, 5) is 6.52. The first-order valence-electron chi connectivity index (χ1n) is 5.53. The third kappa shape index (κ3) is 2.57. The van der Waals surface area contributed by atoms with Gasteiger partial charge in [0.1, 0.15) is 5.15 Å². The van der Waals surface area contributed by atoms with Crippen molar-refractivity contribution in [1.29, 1.82) is 0 Å². The average molecular weight is 241 g/mol. The molecule has 1 aliphatic rings. The Morgan fingerprint density at radius 1 is 1.62 bits per heavy atom. The molecule has 2 heterocycles. The maximum Gasteiger partial charge on any atom is 0.151 e. The topological polar surface area (TPSA) is 54.2 Å². The molecule has 0 aliphatic carbocycles. The Labute approximate surface area is 101 Å². The zero-order valence-corrected chi connectivity index (χ0v) is 10.2. The van der Waals surface area contributed by atoms with Gasteiger partial charge in [0.2, 0.25) is 0 Å². The highest BCUT2D eigenvalue weighted by atomic mass is 35.5. The lowest BCUT2D eigenvalue weighted by molar-refractivity contribution is 0.322. The second-order valence-corrected chi connectivity index (χ2v) is 4.62. The summed E-state index contributed by atoms with van der Waals surface area (Å²) < 4.78 is 0. The van der Waals surface area contributed by atoms with Crippen molar-refractivity contribution < 1.29 is 0 Å². The quantitative estimate of drug-likeness (QED) is 0.792. The maximum atomic E-state index is 5.82. The highest BCUT2D eigenvalue weighted by Crippen LogP contribution is 2.20. The largest absolute Gasteiger partial charge is 0.396 e. The van der Waals surface area contributed by atoms with Gasteiger partial charge in [-0.3, -0.25) is 0 Å². The average Bonchev–Trinajstić information content (AvgIpc) is 2.66. The number of aromatic nitrogens is 1. The monoisotopic (exact) mass is 240 g/mol. The Kier molecular flexibility index (Phi) is 3.51. The molecule has 1 aromatic heterocycles. The molecule has 4 nitrogen and oxygen atoms in total. The van der Waals surface area contributed by atoms with E-state index in [2.05, 4.69) is 22.2 Å². The first kappa shape index (κ1) is 11.5. The van der Waals surface area contributed by atoms with Crippen LogP contribution in [0.15, 0.2) is 12.1 Å². The number of rotatable bonds is 3. The fraction of sp³-hybridized carbons (Fsp3) is 0.545. The van der Waals surface area contributed by atoms with Crippen molar-refractivity contribution >= 4 is 23.1 Å². The van der Waals surface area contributed by atoms with Gasteiger partial charge in [-0.1, -0.05) is 11.6 Å². The molecule has 3 N–H and O–H groups in total. The van der Waals surface area contributed by atoms with Gasteiger partial charge in [-0.25, -0.2) is 4.98 Å². The molecule has 0 saturated carbocycles. The van der Waals surface area contributed by atoms with Crippen LogP contribution in [0.2, 0.25) is 5.15 Å².